The largest absolute Gasteiger partial charge is 0.366 e. The SMILES string of the molecule is CCc1cc2c(cc1-c1cc(C(N)=O)c(C)n1CCc1cccc(F)c1)C(C)(C)CCC2(C)C. The lowest BCUT2D eigenvalue weighted by Crippen LogP contribution is -2.34. The number of carbonyl (C=O) groups excluding carboxylic acids is 1. The summed E-state index contributed by atoms with van der Waals surface area (Å²) < 4.78 is 15.9. The van der Waals surface area contributed by atoms with E-state index in [0.717, 1.165) is 29.8 Å². The molecule has 3 nitrogen and oxygen atoms in total. The molecule has 1 heterocycles. The lowest BCUT2D eigenvalue weighted by atomic mass is 9.62. The number of rotatable bonds is 6. The number of aryl methyl sites for hydroxylation is 2. The number of nitrogens with zero attached hydrogens (tertiary/aromatic N) is 1. The first-order chi connectivity index (χ1) is 15.9. The van der Waals surface area contributed by atoms with Crippen LogP contribution < -0.4 is 5.73 Å². The summed E-state index contributed by atoms with van der Waals surface area (Å²) in [6.45, 7) is 14.1. The molecule has 0 radical (unpaired) electrons. The van der Waals surface area contributed by atoms with Gasteiger partial charge in [0.15, 0.2) is 0 Å². The highest BCUT2D eigenvalue weighted by Crippen LogP contribution is 2.48. The van der Waals surface area contributed by atoms with Crippen LogP contribution in [0.2, 0.25) is 0 Å². The van der Waals surface area contributed by atoms with Gasteiger partial charge < -0.3 is 10.3 Å². The Labute approximate surface area is 203 Å². The van der Waals surface area contributed by atoms with Gasteiger partial charge in [0.1, 0.15) is 5.82 Å². The predicted octanol–water partition coefficient (Wildman–Crippen LogP) is 6.86. The zero-order valence-electron chi connectivity index (χ0n) is 21.4. The van der Waals surface area contributed by atoms with E-state index in [-0.39, 0.29) is 16.6 Å². The van der Waals surface area contributed by atoms with Gasteiger partial charge in [-0.05, 0) is 90.0 Å². The molecule has 180 valence electrons. The predicted molar refractivity (Wildman–Crippen MR) is 138 cm³/mol. The smallest absolute Gasteiger partial charge is 0.250 e. The molecule has 0 aliphatic heterocycles. The molecule has 2 N–H and O–H groups in total. The molecule has 2 aromatic carbocycles. The van der Waals surface area contributed by atoms with Crippen molar-refractivity contribution < 1.29 is 9.18 Å². The minimum atomic E-state index is -0.416. The Morgan fingerprint density at radius 2 is 1.68 bits per heavy atom. The zero-order chi connectivity index (χ0) is 24.8. The summed E-state index contributed by atoms with van der Waals surface area (Å²) in [5.41, 5.74) is 14.6. The van der Waals surface area contributed by atoms with Crippen LogP contribution >= 0.6 is 0 Å². The molecule has 3 aromatic rings. The number of hydrogen-bond donors (Lipinski definition) is 1. The topological polar surface area (TPSA) is 48.0 Å². The second-order valence-corrected chi connectivity index (χ2v) is 11.1. The fourth-order valence-corrected chi connectivity index (χ4v) is 5.53. The molecule has 0 atom stereocenters. The Kier molecular flexibility index (Phi) is 6.22. The van der Waals surface area contributed by atoms with Crippen molar-refractivity contribution >= 4 is 5.91 Å². The highest BCUT2D eigenvalue weighted by atomic mass is 19.1. The lowest BCUT2D eigenvalue weighted by Gasteiger charge is -2.42. The first-order valence-electron chi connectivity index (χ1n) is 12.4. The number of primary amides is 1. The summed E-state index contributed by atoms with van der Waals surface area (Å²) in [6.07, 6.45) is 3.89. The maximum atomic E-state index is 13.8. The highest BCUT2D eigenvalue weighted by molar-refractivity contribution is 5.96. The molecule has 1 aromatic heterocycles. The summed E-state index contributed by atoms with van der Waals surface area (Å²) in [7, 11) is 0. The fraction of sp³-hybridized carbons (Fsp3) is 0.433. The number of hydrogen-bond acceptors (Lipinski definition) is 1. The first kappa shape index (κ1) is 24.3. The standard InChI is InChI=1S/C30H37FN2O/c1-7-21-16-25-26(30(5,6)13-12-29(25,3)4)17-24(21)27-18-23(28(32)34)19(2)33(27)14-11-20-9-8-10-22(31)15-20/h8-10,15-18H,7,11-14H2,1-6H3,(H2,32,34). The molecule has 1 aliphatic rings. The second-order valence-electron chi connectivity index (χ2n) is 11.1. The van der Waals surface area contributed by atoms with Crippen molar-refractivity contribution in [2.45, 2.75) is 84.6 Å². The van der Waals surface area contributed by atoms with E-state index in [2.05, 4.69) is 51.3 Å². The quantitative estimate of drug-likeness (QED) is 0.429. The Hall–Kier alpha value is -2.88. The number of aromatic nitrogens is 1. The van der Waals surface area contributed by atoms with Gasteiger partial charge in [-0.15, -0.1) is 0 Å². The van der Waals surface area contributed by atoms with Crippen molar-refractivity contribution in [1.82, 2.24) is 4.57 Å². The van der Waals surface area contributed by atoms with E-state index in [0.29, 0.717) is 18.5 Å². The van der Waals surface area contributed by atoms with Crippen molar-refractivity contribution in [3.05, 3.63) is 81.8 Å². The van der Waals surface area contributed by atoms with Crippen LogP contribution in [0.1, 0.15) is 85.8 Å². The molecule has 1 aliphatic carbocycles. The van der Waals surface area contributed by atoms with Gasteiger partial charge >= 0.3 is 0 Å². The molecular weight excluding hydrogens is 423 g/mol. The van der Waals surface area contributed by atoms with Crippen molar-refractivity contribution in [1.29, 1.82) is 0 Å². The minimum absolute atomic E-state index is 0.0897. The van der Waals surface area contributed by atoms with Crippen LogP contribution in [-0.2, 0) is 30.2 Å². The van der Waals surface area contributed by atoms with Crippen molar-refractivity contribution in [3.63, 3.8) is 0 Å². The molecule has 0 fully saturated rings. The maximum Gasteiger partial charge on any atom is 0.250 e. The monoisotopic (exact) mass is 460 g/mol. The number of carbonyl (C=O) groups is 1. The highest BCUT2D eigenvalue weighted by Gasteiger charge is 2.38. The van der Waals surface area contributed by atoms with Crippen LogP contribution in [0.25, 0.3) is 11.3 Å². The molecule has 4 rings (SSSR count). The van der Waals surface area contributed by atoms with Crippen molar-refractivity contribution in [2.75, 3.05) is 0 Å². The molecular formula is C30H37FN2O. The third kappa shape index (κ3) is 4.31. The van der Waals surface area contributed by atoms with E-state index in [1.165, 1.54) is 34.7 Å². The van der Waals surface area contributed by atoms with Gasteiger partial charge in [-0.2, -0.15) is 0 Å². The third-order valence-electron chi connectivity index (χ3n) is 7.88. The minimum Gasteiger partial charge on any atom is -0.366 e. The molecule has 34 heavy (non-hydrogen) atoms. The average molecular weight is 461 g/mol. The summed E-state index contributed by atoms with van der Waals surface area (Å²) >= 11 is 0. The van der Waals surface area contributed by atoms with Crippen LogP contribution in [0.15, 0.2) is 42.5 Å². The normalized spacial score (nSPS) is 16.3. The summed E-state index contributed by atoms with van der Waals surface area (Å²) in [6, 6.07) is 13.4. The van der Waals surface area contributed by atoms with Crippen molar-refractivity contribution in [3.8, 4) is 11.3 Å². The van der Waals surface area contributed by atoms with E-state index in [9.17, 15) is 9.18 Å². The molecule has 0 spiro atoms. The summed E-state index contributed by atoms with van der Waals surface area (Å²) in [4.78, 5) is 12.3. The third-order valence-corrected chi connectivity index (χ3v) is 7.88. The Morgan fingerprint density at radius 1 is 1.03 bits per heavy atom. The molecule has 0 unspecified atom stereocenters. The van der Waals surface area contributed by atoms with Crippen LogP contribution in [0.3, 0.4) is 0 Å². The molecule has 0 bridgehead atoms. The van der Waals surface area contributed by atoms with Crippen molar-refractivity contribution in [2.24, 2.45) is 5.73 Å². The Bertz CT molecular complexity index is 1250. The van der Waals surface area contributed by atoms with E-state index >= 15 is 0 Å². The second kappa shape index (κ2) is 8.72. The maximum absolute atomic E-state index is 13.8. The van der Waals surface area contributed by atoms with E-state index in [1.807, 2.05) is 19.1 Å². The fourth-order valence-electron chi connectivity index (χ4n) is 5.53. The van der Waals surface area contributed by atoms with Crippen LogP contribution in [0.4, 0.5) is 4.39 Å². The van der Waals surface area contributed by atoms with Gasteiger partial charge in [0, 0.05) is 23.5 Å². The number of amides is 1. The van der Waals surface area contributed by atoms with Gasteiger partial charge in [0.05, 0.1) is 5.56 Å². The van der Waals surface area contributed by atoms with Crippen LogP contribution in [-0.4, -0.2) is 10.5 Å². The van der Waals surface area contributed by atoms with Crippen LogP contribution in [0.5, 0.6) is 0 Å². The number of fused-ring (bicyclic) bond motifs is 1. The van der Waals surface area contributed by atoms with Gasteiger partial charge in [-0.1, -0.05) is 52.8 Å². The van der Waals surface area contributed by atoms with Gasteiger partial charge in [0.2, 0.25) is 0 Å². The van der Waals surface area contributed by atoms with Gasteiger partial charge in [0.25, 0.3) is 5.91 Å². The summed E-state index contributed by atoms with van der Waals surface area (Å²) in [5.74, 6) is -0.645. The van der Waals surface area contributed by atoms with E-state index < -0.39 is 5.91 Å². The number of halogens is 1. The van der Waals surface area contributed by atoms with Gasteiger partial charge in [-0.25, -0.2) is 4.39 Å². The first-order valence-corrected chi connectivity index (χ1v) is 12.4. The molecule has 4 heteroatoms. The lowest BCUT2D eigenvalue weighted by molar-refractivity contribution is 0.0999. The summed E-state index contributed by atoms with van der Waals surface area (Å²) in [5, 5.41) is 0. The average Bonchev–Trinajstić information content (AvgIpc) is 3.11. The van der Waals surface area contributed by atoms with Crippen LogP contribution in [0, 0.1) is 12.7 Å². The number of nitrogens with two attached hydrogens (primary N) is 1. The van der Waals surface area contributed by atoms with Gasteiger partial charge in [-0.3, -0.25) is 4.79 Å². The Balaban J connectivity index is 1.88. The molecule has 1 amide bonds. The Morgan fingerprint density at radius 3 is 2.26 bits per heavy atom. The molecule has 0 saturated heterocycles. The van der Waals surface area contributed by atoms with E-state index in [4.69, 9.17) is 5.73 Å². The number of benzene rings is 2. The van der Waals surface area contributed by atoms with E-state index in [1.54, 1.807) is 12.1 Å². The molecule has 0 saturated carbocycles. The zero-order valence-corrected chi connectivity index (χ0v) is 21.4.